The van der Waals surface area contributed by atoms with Gasteiger partial charge in [-0.15, -0.1) is 10.2 Å². The van der Waals surface area contributed by atoms with Crippen molar-refractivity contribution in [2.45, 2.75) is 16.9 Å². The fourth-order valence-electron chi connectivity index (χ4n) is 2.85. The van der Waals surface area contributed by atoms with Crippen LogP contribution in [0, 0.1) is 10.1 Å². The molecule has 0 aliphatic carbocycles. The number of nitrogens with zero attached hydrogens (tertiary/aromatic N) is 4. The molecular formula is C18H11BrN4O6S. The number of thioether (sulfide) groups is 1. The summed E-state index contributed by atoms with van der Waals surface area (Å²) in [5, 5.41) is 27.7. The summed E-state index contributed by atoms with van der Waals surface area (Å²) in [5.74, 6) is -1.17. The third-order valence-electron chi connectivity index (χ3n) is 4.26. The van der Waals surface area contributed by atoms with Crippen molar-refractivity contribution >= 4 is 50.9 Å². The number of phenolic OH excluding ortho intramolecular Hbond substituents is 1. The van der Waals surface area contributed by atoms with Gasteiger partial charge in [0, 0.05) is 23.0 Å². The summed E-state index contributed by atoms with van der Waals surface area (Å²) in [6.45, 7) is 0. The van der Waals surface area contributed by atoms with Crippen molar-refractivity contribution in [3.05, 3.63) is 57.1 Å². The molecule has 0 spiro atoms. The van der Waals surface area contributed by atoms with E-state index >= 15 is 0 Å². The van der Waals surface area contributed by atoms with Gasteiger partial charge in [-0.2, -0.15) is 0 Å². The molecule has 10 nitrogen and oxygen atoms in total. The molecule has 0 saturated carbocycles. The number of imide groups is 1. The molecule has 1 saturated heterocycles. The lowest BCUT2D eigenvalue weighted by atomic mass is 10.2. The van der Waals surface area contributed by atoms with Gasteiger partial charge < -0.3 is 9.52 Å². The van der Waals surface area contributed by atoms with Crippen LogP contribution in [0.3, 0.4) is 0 Å². The number of carbonyl (C=O) groups is 2. The van der Waals surface area contributed by atoms with Gasteiger partial charge in [-0.3, -0.25) is 19.7 Å². The predicted octanol–water partition coefficient (Wildman–Crippen LogP) is 3.54. The number of hydrogen-bond acceptors (Lipinski definition) is 9. The van der Waals surface area contributed by atoms with E-state index in [4.69, 9.17) is 4.42 Å². The first-order valence-corrected chi connectivity index (χ1v) is 10.1. The zero-order valence-electron chi connectivity index (χ0n) is 14.9. The molecule has 1 aromatic heterocycles. The number of benzene rings is 2. The lowest BCUT2D eigenvalue weighted by Crippen LogP contribution is -2.31. The maximum atomic E-state index is 12.7. The second-order valence-corrected chi connectivity index (χ2v) is 8.26. The third kappa shape index (κ3) is 3.78. The summed E-state index contributed by atoms with van der Waals surface area (Å²) in [6.07, 6.45) is -0.0423. The van der Waals surface area contributed by atoms with Crippen LogP contribution in [0.15, 0.2) is 56.6 Å². The maximum absolute atomic E-state index is 12.7. The number of phenols is 1. The van der Waals surface area contributed by atoms with Crippen molar-refractivity contribution in [1.82, 2.24) is 10.2 Å². The van der Waals surface area contributed by atoms with Crippen LogP contribution >= 0.6 is 27.7 Å². The van der Waals surface area contributed by atoms with Crippen LogP contribution < -0.4 is 4.90 Å². The molecule has 12 heteroatoms. The number of rotatable bonds is 5. The molecule has 1 atom stereocenters. The highest BCUT2D eigenvalue weighted by atomic mass is 79.9. The van der Waals surface area contributed by atoms with Crippen LogP contribution in [0.1, 0.15) is 6.42 Å². The standard InChI is InChI=1S/C18H11BrN4O6S/c19-9-1-3-10(4-2-9)22-15(25)8-14(17(22)26)30-18-21-20-16(29-18)12-7-11(23(27)28)5-6-13(12)24/h1-7,14,24H,8H2. The highest BCUT2D eigenvalue weighted by Crippen LogP contribution is 2.37. The van der Waals surface area contributed by atoms with E-state index in [0.717, 1.165) is 39.3 Å². The summed E-state index contributed by atoms with van der Waals surface area (Å²) in [7, 11) is 0. The number of carbonyl (C=O) groups excluding carboxylic acids is 2. The van der Waals surface area contributed by atoms with E-state index in [1.165, 1.54) is 0 Å². The van der Waals surface area contributed by atoms with E-state index in [1.54, 1.807) is 24.3 Å². The second-order valence-electron chi connectivity index (χ2n) is 6.19. The Morgan fingerprint density at radius 1 is 1.20 bits per heavy atom. The molecule has 3 aromatic rings. The molecule has 2 aromatic carbocycles. The first-order chi connectivity index (χ1) is 14.3. The van der Waals surface area contributed by atoms with Crippen LogP contribution in [-0.4, -0.2) is 37.3 Å². The maximum Gasteiger partial charge on any atom is 0.277 e. The topological polar surface area (TPSA) is 140 Å². The first kappa shape index (κ1) is 20.0. The van der Waals surface area contributed by atoms with E-state index in [1.807, 2.05) is 0 Å². The largest absolute Gasteiger partial charge is 0.507 e. The predicted molar refractivity (Wildman–Crippen MR) is 109 cm³/mol. The Balaban J connectivity index is 1.54. The average molecular weight is 491 g/mol. The molecule has 0 bridgehead atoms. The number of halogens is 1. The number of aromatic hydroxyl groups is 1. The zero-order chi connectivity index (χ0) is 21.4. The van der Waals surface area contributed by atoms with Crippen LogP contribution in [0.5, 0.6) is 5.75 Å². The fourth-order valence-corrected chi connectivity index (χ4v) is 4.01. The van der Waals surface area contributed by atoms with Gasteiger partial charge in [0.2, 0.25) is 11.8 Å². The van der Waals surface area contributed by atoms with Crippen molar-refractivity contribution < 1.29 is 24.0 Å². The Bertz CT molecular complexity index is 1170. The summed E-state index contributed by atoms with van der Waals surface area (Å²) in [4.78, 5) is 36.5. The molecule has 30 heavy (non-hydrogen) atoms. The summed E-state index contributed by atoms with van der Waals surface area (Å²) in [5.41, 5.74) is 0.204. The van der Waals surface area contributed by atoms with E-state index in [2.05, 4.69) is 26.1 Å². The Kier molecular flexibility index (Phi) is 5.26. The van der Waals surface area contributed by atoms with Gasteiger partial charge in [-0.1, -0.05) is 27.7 Å². The molecule has 2 amide bonds. The number of aromatic nitrogens is 2. The Morgan fingerprint density at radius 2 is 1.93 bits per heavy atom. The third-order valence-corrected chi connectivity index (χ3v) is 5.81. The van der Waals surface area contributed by atoms with Gasteiger partial charge in [0.05, 0.1) is 16.2 Å². The van der Waals surface area contributed by atoms with Gasteiger partial charge >= 0.3 is 0 Å². The Hall–Kier alpha value is -3.25. The molecule has 1 unspecified atom stereocenters. The van der Waals surface area contributed by atoms with E-state index < -0.39 is 16.1 Å². The Labute approximate surface area is 181 Å². The van der Waals surface area contributed by atoms with Crippen LogP contribution in [-0.2, 0) is 9.59 Å². The van der Waals surface area contributed by atoms with Gasteiger partial charge in [-0.05, 0) is 30.3 Å². The zero-order valence-corrected chi connectivity index (χ0v) is 17.3. The number of amides is 2. The summed E-state index contributed by atoms with van der Waals surface area (Å²) >= 11 is 4.22. The van der Waals surface area contributed by atoms with Gasteiger partial charge in [0.1, 0.15) is 11.0 Å². The molecule has 1 aliphatic heterocycles. The number of anilines is 1. The summed E-state index contributed by atoms with van der Waals surface area (Å²) in [6, 6.07) is 10.2. The SMILES string of the molecule is O=C1CC(Sc2nnc(-c3cc([N+](=O)[O-])ccc3O)o2)C(=O)N1c1ccc(Br)cc1. The van der Waals surface area contributed by atoms with Gasteiger partial charge in [0.25, 0.3) is 16.8 Å². The lowest BCUT2D eigenvalue weighted by molar-refractivity contribution is -0.384. The molecule has 1 fully saturated rings. The molecule has 152 valence electrons. The van der Waals surface area contributed by atoms with Crippen LogP contribution in [0.4, 0.5) is 11.4 Å². The number of non-ortho nitro benzene ring substituents is 1. The number of nitro benzene ring substituents is 1. The molecular weight excluding hydrogens is 480 g/mol. The fraction of sp³-hybridized carbons (Fsp3) is 0.111. The van der Waals surface area contributed by atoms with Crippen molar-refractivity contribution in [1.29, 1.82) is 0 Å². The smallest absolute Gasteiger partial charge is 0.277 e. The van der Waals surface area contributed by atoms with Crippen LogP contribution in [0.2, 0.25) is 0 Å². The van der Waals surface area contributed by atoms with Crippen molar-refractivity contribution in [2.75, 3.05) is 4.90 Å². The molecule has 1 N–H and O–H groups in total. The Morgan fingerprint density at radius 3 is 2.63 bits per heavy atom. The summed E-state index contributed by atoms with van der Waals surface area (Å²) < 4.78 is 6.28. The monoisotopic (exact) mass is 490 g/mol. The highest BCUT2D eigenvalue weighted by molar-refractivity contribution is 9.10. The molecule has 0 radical (unpaired) electrons. The minimum absolute atomic E-state index is 0.000266. The number of hydrogen-bond donors (Lipinski definition) is 1. The van der Waals surface area contributed by atoms with Crippen molar-refractivity contribution in [3.8, 4) is 17.2 Å². The van der Waals surface area contributed by atoms with Crippen molar-refractivity contribution in [2.24, 2.45) is 0 Å². The number of nitro groups is 1. The molecule has 2 heterocycles. The minimum Gasteiger partial charge on any atom is -0.507 e. The quantitative estimate of drug-likeness (QED) is 0.322. The van der Waals surface area contributed by atoms with E-state index in [0.29, 0.717) is 5.69 Å². The molecule has 1 aliphatic rings. The second kappa shape index (κ2) is 7.88. The van der Waals surface area contributed by atoms with E-state index in [9.17, 15) is 24.8 Å². The van der Waals surface area contributed by atoms with Crippen molar-refractivity contribution in [3.63, 3.8) is 0 Å². The van der Waals surface area contributed by atoms with Gasteiger partial charge in [0.15, 0.2) is 0 Å². The van der Waals surface area contributed by atoms with Crippen LogP contribution in [0.25, 0.3) is 11.5 Å². The molecule has 4 rings (SSSR count). The normalized spacial score (nSPS) is 16.3. The first-order valence-electron chi connectivity index (χ1n) is 8.44. The minimum atomic E-state index is -0.756. The highest BCUT2D eigenvalue weighted by Gasteiger charge is 2.41. The average Bonchev–Trinajstić information content (AvgIpc) is 3.27. The van der Waals surface area contributed by atoms with Gasteiger partial charge in [-0.25, -0.2) is 4.90 Å². The van der Waals surface area contributed by atoms with E-state index in [-0.39, 0.29) is 40.4 Å². The lowest BCUT2D eigenvalue weighted by Gasteiger charge is -2.14.